The number of ether oxygens (including phenoxy) is 2. The molecule has 1 aromatic heterocycles. The van der Waals surface area contributed by atoms with Gasteiger partial charge in [0.05, 0.1) is 37.1 Å². The minimum Gasteiger partial charge on any atom is -0.493 e. The number of piperazine rings is 1. The fourth-order valence-electron chi connectivity index (χ4n) is 3.79. The minimum absolute atomic E-state index is 0.293. The van der Waals surface area contributed by atoms with E-state index < -0.39 is 0 Å². The lowest BCUT2D eigenvalue weighted by atomic mass is 10.0. The van der Waals surface area contributed by atoms with Gasteiger partial charge in [-0.25, -0.2) is 4.98 Å². The first-order valence-electron chi connectivity index (χ1n) is 9.53. The monoisotopic (exact) mass is 378 g/mol. The van der Waals surface area contributed by atoms with Crippen molar-refractivity contribution in [2.24, 2.45) is 0 Å². The Balaban J connectivity index is 1.52. The van der Waals surface area contributed by atoms with E-state index in [-0.39, 0.29) is 0 Å². The molecule has 0 saturated carbocycles. The lowest BCUT2D eigenvalue weighted by molar-refractivity contribution is 0.0894. The van der Waals surface area contributed by atoms with Crippen molar-refractivity contribution in [3.63, 3.8) is 0 Å². The standard InChI is InChI=1S/C22H26N4O2/c1-25-10-11-26(14-17-13-23-18-6-4-5-7-19(18)24-17)15-20(25)16-8-9-21(27-2)22(12-16)28-3/h4-9,12-13,20H,10-11,14-15H2,1-3H3. The van der Waals surface area contributed by atoms with Gasteiger partial charge in [0, 0.05) is 32.2 Å². The quantitative estimate of drug-likeness (QED) is 0.680. The molecule has 1 aliphatic heterocycles. The van der Waals surface area contributed by atoms with Gasteiger partial charge in [-0.1, -0.05) is 18.2 Å². The van der Waals surface area contributed by atoms with Crippen molar-refractivity contribution in [1.82, 2.24) is 19.8 Å². The van der Waals surface area contributed by atoms with E-state index in [1.165, 1.54) is 5.56 Å². The topological polar surface area (TPSA) is 50.7 Å². The van der Waals surface area contributed by atoms with E-state index >= 15 is 0 Å². The molecule has 1 saturated heterocycles. The molecule has 1 atom stereocenters. The predicted octanol–water partition coefficient (Wildman–Crippen LogP) is 3.14. The lowest BCUT2D eigenvalue weighted by Gasteiger charge is -2.39. The molecule has 28 heavy (non-hydrogen) atoms. The number of fused-ring (bicyclic) bond motifs is 1. The summed E-state index contributed by atoms with van der Waals surface area (Å²) in [6, 6.07) is 14.5. The van der Waals surface area contributed by atoms with Crippen LogP contribution >= 0.6 is 0 Å². The van der Waals surface area contributed by atoms with Crippen LogP contribution in [0.4, 0.5) is 0 Å². The second kappa shape index (κ2) is 8.12. The zero-order valence-electron chi connectivity index (χ0n) is 16.6. The molecule has 0 radical (unpaired) electrons. The highest BCUT2D eigenvalue weighted by Crippen LogP contribution is 2.33. The van der Waals surface area contributed by atoms with Gasteiger partial charge in [0.2, 0.25) is 0 Å². The molecule has 146 valence electrons. The van der Waals surface area contributed by atoms with Gasteiger partial charge in [-0.3, -0.25) is 14.8 Å². The van der Waals surface area contributed by atoms with Gasteiger partial charge in [0.15, 0.2) is 11.5 Å². The van der Waals surface area contributed by atoms with Crippen molar-refractivity contribution in [3.05, 3.63) is 59.9 Å². The molecule has 2 heterocycles. The first-order valence-corrected chi connectivity index (χ1v) is 9.53. The Morgan fingerprint density at radius 3 is 2.57 bits per heavy atom. The lowest BCUT2D eigenvalue weighted by Crippen LogP contribution is -2.46. The van der Waals surface area contributed by atoms with Crippen LogP contribution in [0.2, 0.25) is 0 Å². The third-order valence-corrected chi connectivity index (χ3v) is 5.41. The predicted molar refractivity (Wildman–Crippen MR) is 110 cm³/mol. The van der Waals surface area contributed by atoms with Crippen molar-refractivity contribution < 1.29 is 9.47 Å². The molecule has 2 aromatic carbocycles. The zero-order chi connectivity index (χ0) is 19.5. The van der Waals surface area contributed by atoms with E-state index in [1.807, 2.05) is 36.5 Å². The molecule has 0 amide bonds. The van der Waals surface area contributed by atoms with Crippen LogP contribution in [0.5, 0.6) is 11.5 Å². The number of hydrogen-bond donors (Lipinski definition) is 0. The zero-order valence-corrected chi connectivity index (χ0v) is 16.6. The van der Waals surface area contributed by atoms with Gasteiger partial charge in [0.25, 0.3) is 0 Å². The molecule has 6 heteroatoms. The molecule has 0 spiro atoms. The molecule has 1 unspecified atom stereocenters. The number of likely N-dealkylation sites (N-methyl/N-ethyl adjacent to an activating group) is 1. The second-order valence-corrected chi connectivity index (χ2v) is 7.20. The first-order chi connectivity index (χ1) is 13.7. The van der Waals surface area contributed by atoms with Gasteiger partial charge < -0.3 is 9.47 Å². The van der Waals surface area contributed by atoms with E-state index in [0.717, 1.165) is 54.4 Å². The van der Waals surface area contributed by atoms with Crippen LogP contribution < -0.4 is 9.47 Å². The molecule has 0 aliphatic carbocycles. The average molecular weight is 378 g/mol. The fourth-order valence-corrected chi connectivity index (χ4v) is 3.79. The van der Waals surface area contributed by atoms with Crippen molar-refractivity contribution in [2.45, 2.75) is 12.6 Å². The molecule has 0 bridgehead atoms. The largest absolute Gasteiger partial charge is 0.493 e. The van der Waals surface area contributed by atoms with Crippen LogP contribution in [0.3, 0.4) is 0 Å². The van der Waals surface area contributed by atoms with Gasteiger partial charge in [-0.2, -0.15) is 0 Å². The van der Waals surface area contributed by atoms with E-state index in [2.05, 4.69) is 34.0 Å². The van der Waals surface area contributed by atoms with Crippen molar-refractivity contribution in [3.8, 4) is 11.5 Å². The summed E-state index contributed by atoms with van der Waals surface area (Å²) in [5.74, 6) is 1.53. The number of para-hydroxylation sites is 2. The number of methoxy groups -OCH3 is 2. The van der Waals surface area contributed by atoms with Gasteiger partial charge in [-0.05, 0) is 36.9 Å². The van der Waals surface area contributed by atoms with Crippen molar-refractivity contribution >= 4 is 11.0 Å². The van der Waals surface area contributed by atoms with Crippen LogP contribution in [0.1, 0.15) is 17.3 Å². The highest BCUT2D eigenvalue weighted by atomic mass is 16.5. The summed E-state index contributed by atoms with van der Waals surface area (Å²) in [7, 11) is 5.52. The molecule has 1 aliphatic rings. The summed E-state index contributed by atoms with van der Waals surface area (Å²) < 4.78 is 10.9. The van der Waals surface area contributed by atoms with Crippen molar-refractivity contribution in [2.75, 3.05) is 40.9 Å². The molecular formula is C22H26N4O2. The summed E-state index contributed by atoms with van der Waals surface area (Å²) in [6.07, 6.45) is 1.89. The van der Waals surface area contributed by atoms with Crippen LogP contribution in [0.25, 0.3) is 11.0 Å². The maximum absolute atomic E-state index is 5.49. The SMILES string of the molecule is COc1ccc(C2CN(Cc3cnc4ccccc4n3)CCN2C)cc1OC. The Morgan fingerprint density at radius 1 is 1.00 bits per heavy atom. The van der Waals surface area contributed by atoms with Crippen LogP contribution in [0.15, 0.2) is 48.7 Å². The van der Waals surface area contributed by atoms with Crippen LogP contribution in [-0.2, 0) is 6.54 Å². The van der Waals surface area contributed by atoms with E-state index in [4.69, 9.17) is 14.5 Å². The average Bonchev–Trinajstić information content (AvgIpc) is 2.74. The minimum atomic E-state index is 0.293. The normalized spacial score (nSPS) is 18.3. The van der Waals surface area contributed by atoms with Crippen LogP contribution in [0, 0.1) is 0 Å². The molecule has 6 nitrogen and oxygen atoms in total. The Labute approximate surface area is 165 Å². The number of hydrogen-bond acceptors (Lipinski definition) is 6. The maximum atomic E-state index is 5.49. The smallest absolute Gasteiger partial charge is 0.161 e. The number of rotatable bonds is 5. The molecule has 3 aromatic rings. The number of benzene rings is 2. The number of aromatic nitrogens is 2. The van der Waals surface area contributed by atoms with Crippen LogP contribution in [-0.4, -0.2) is 60.7 Å². The molecular weight excluding hydrogens is 352 g/mol. The van der Waals surface area contributed by atoms with Gasteiger partial charge in [0.1, 0.15) is 0 Å². The maximum Gasteiger partial charge on any atom is 0.161 e. The summed E-state index contributed by atoms with van der Waals surface area (Å²) in [6.45, 7) is 3.74. The Bertz CT molecular complexity index is 962. The summed E-state index contributed by atoms with van der Waals surface area (Å²) >= 11 is 0. The van der Waals surface area contributed by atoms with E-state index in [0.29, 0.717) is 6.04 Å². The summed E-state index contributed by atoms with van der Waals surface area (Å²) in [5, 5.41) is 0. The molecule has 1 fully saturated rings. The van der Waals surface area contributed by atoms with E-state index in [1.54, 1.807) is 14.2 Å². The highest BCUT2D eigenvalue weighted by molar-refractivity contribution is 5.73. The summed E-state index contributed by atoms with van der Waals surface area (Å²) in [5.41, 5.74) is 4.13. The first kappa shape index (κ1) is 18.7. The summed E-state index contributed by atoms with van der Waals surface area (Å²) in [4.78, 5) is 14.2. The third-order valence-electron chi connectivity index (χ3n) is 5.41. The molecule has 0 N–H and O–H groups in total. The Morgan fingerprint density at radius 2 is 1.79 bits per heavy atom. The Kier molecular flexibility index (Phi) is 5.41. The van der Waals surface area contributed by atoms with Gasteiger partial charge in [-0.15, -0.1) is 0 Å². The Hall–Kier alpha value is -2.70. The fraction of sp³-hybridized carbons (Fsp3) is 0.364. The second-order valence-electron chi connectivity index (χ2n) is 7.20. The third kappa shape index (κ3) is 3.79. The number of nitrogens with zero attached hydrogens (tertiary/aromatic N) is 4. The van der Waals surface area contributed by atoms with E-state index in [9.17, 15) is 0 Å². The highest BCUT2D eigenvalue weighted by Gasteiger charge is 2.26. The van der Waals surface area contributed by atoms with Gasteiger partial charge >= 0.3 is 0 Å². The molecule has 4 rings (SSSR count). The van der Waals surface area contributed by atoms with Crippen molar-refractivity contribution in [1.29, 1.82) is 0 Å².